The van der Waals surface area contributed by atoms with Crippen molar-refractivity contribution in [1.82, 2.24) is 5.32 Å². The molecule has 1 aliphatic rings. The second-order valence-electron chi connectivity index (χ2n) is 4.87. The van der Waals surface area contributed by atoms with Gasteiger partial charge in [-0.25, -0.2) is 4.39 Å². The molecule has 1 fully saturated rings. The van der Waals surface area contributed by atoms with E-state index in [1.165, 1.54) is 18.9 Å². The van der Waals surface area contributed by atoms with Gasteiger partial charge in [-0.3, -0.25) is 4.79 Å². The van der Waals surface area contributed by atoms with Gasteiger partial charge in [-0.05, 0) is 46.8 Å². The summed E-state index contributed by atoms with van der Waals surface area (Å²) in [5.74, 6) is -0.176. The highest BCUT2D eigenvalue weighted by Crippen LogP contribution is 2.29. The number of rotatable bonds is 3. The zero-order chi connectivity index (χ0) is 13.8. The summed E-state index contributed by atoms with van der Waals surface area (Å²) in [6.07, 6.45) is 4.74. The maximum atomic E-state index is 13.4. The molecule has 1 saturated carbocycles. The lowest BCUT2D eigenvalue weighted by molar-refractivity contribution is 0.0943. The highest BCUT2D eigenvalue weighted by molar-refractivity contribution is 9.10. The number of halogens is 3. The van der Waals surface area contributed by atoms with E-state index in [1.807, 2.05) is 0 Å². The first-order chi connectivity index (χ1) is 9.09. The van der Waals surface area contributed by atoms with Crippen LogP contribution in [-0.2, 0) is 0 Å². The van der Waals surface area contributed by atoms with Gasteiger partial charge in [-0.15, -0.1) is 0 Å². The zero-order valence-electron chi connectivity index (χ0n) is 10.5. The Kier molecular flexibility index (Phi) is 5.39. The van der Waals surface area contributed by atoms with Gasteiger partial charge in [-0.2, -0.15) is 0 Å². The maximum absolute atomic E-state index is 13.4. The highest BCUT2D eigenvalue weighted by Gasteiger charge is 2.23. The Morgan fingerprint density at radius 2 is 2.11 bits per heavy atom. The van der Waals surface area contributed by atoms with Crippen molar-refractivity contribution in [2.24, 2.45) is 5.92 Å². The molecule has 0 aliphatic heterocycles. The predicted octanol–water partition coefficient (Wildman–Crippen LogP) is 4.27. The lowest BCUT2D eigenvalue weighted by Crippen LogP contribution is -2.34. The van der Waals surface area contributed by atoms with Crippen LogP contribution in [0.25, 0.3) is 0 Å². The molecule has 0 bridgehead atoms. The second kappa shape index (κ2) is 6.84. The SMILES string of the molecule is O=C(NCC1CCCCC1Br)c1cccc(F)c1Br. The molecule has 1 amide bonds. The zero-order valence-corrected chi connectivity index (χ0v) is 13.6. The van der Waals surface area contributed by atoms with Gasteiger partial charge in [0.05, 0.1) is 10.0 Å². The van der Waals surface area contributed by atoms with Crippen LogP contribution in [-0.4, -0.2) is 17.3 Å². The molecule has 0 heterocycles. The standard InChI is InChI=1S/C14H16Br2FNO/c15-11-6-2-1-4-9(11)8-18-14(19)10-5-3-7-12(17)13(10)16/h3,5,7,9,11H,1-2,4,6,8H2,(H,18,19). The summed E-state index contributed by atoms with van der Waals surface area (Å²) < 4.78 is 13.6. The number of carbonyl (C=O) groups excluding carboxylic acids is 1. The van der Waals surface area contributed by atoms with E-state index in [4.69, 9.17) is 0 Å². The average molecular weight is 393 g/mol. The molecule has 2 unspecified atom stereocenters. The molecule has 1 aromatic rings. The van der Waals surface area contributed by atoms with E-state index in [0.717, 1.165) is 12.8 Å². The Labute approximate surface area is 129 Å². The van der Waals surface area contributed by atoms with Crippen LogP contribution in [0.15, 0.2) is 22.7 Å². The van der Waals surface area contributed by atoms with Crippen LogP contribution in [0.2, 0.25) is 0 Å². The molecular formula is C14H16Br2FNO. The molecule has 0 spiro atoms. The molecule has 0 radical (unpaired) electrons. The van der Waals surface area contributed by atoms with Crippen LogP contribution in [0.1, 0.15) is 36.0 Å². The van der Waals surface area contributed by atoms with Crippen molar-refractivity contribution in [3.8, 4) is 0 Å². The molecule has 2 rings (SSSR count). The fraction of sp³-hybridized carbons (Fsp3) is 0.500. The quantitative estimate of drug-likeness (QED) is 0.764. The Morgan fingerprint density at radius 1 is 1.37 bits per heavy atom. The Bertz CT molecular complexity index is 467. The maximum Gasteiger partial charge on any atom is 0.252 e. The van der Waals surface area contributed by atoms with E-state index in [2.05, 4.69) is 37.2 Å². The smallest absolute Gasteiger partial charge is 0.252 e. The molecule has 5 heteroatoms. The molecular weight excluding hydrogens is 377 g/mol. The van der Waals surface area contributed by atoms with Crippen molar-refractivity contribution in [3.05, 3.63) is 34.1 Å². The van der Waals surface area contributed by atoms with Gasteiger partial charge in [0.1, 0.15) is 5.82 Å². The number of carbonyl (C=O) groups is 1. The monoisotopic (exact) mass is 391 g/mol. The van der Waals surface area contributed by atoms with Gasteiger partial charge >= 0.3 is 0 Å². The van der Waals surface area contributed by atoms with E-state index >= 15 is 0 Å². The largest absolute Gasteiger partial charge is 0.352 e. The van der Waals surface area contributed by atoms with Gasteiger partial charge in [-0.1, -0.05) is 34.8 Å². The summed E-state index contributed by atoms with van der Waals surface area (Å²) in [5, 5.41) is 2.90. The third kappa shape index (κ3) is 3.78. The fourth-order valence-electron chi connectivity index (χ4n) is 2.39. The van der Waals surface area contributed by atoms with Crippen molar-refractivity contribution in [2.45, 2.75) is 30.5 Å². The number of nitrogens with one attached hydrogen (secondary N) is 1. The number of hydrogen-bond acceptors (Lipinski definition) is 1. The van der Waals surface area contributed by atoms with E-state index in [1.54, 1.807) is 12.1 Å². The van der Waals surface area contributed by atoms with Gasteiger partial charge < -0.3 is 5.32 Å². The number of alkyl halides is 1. The van der Waals surface area contributed by atoms with Gasteiger partial charge in [0.15, 0.2) is 0 Å². The van der Waals surface area contributed by atoms with Gasteiger partial charge in [0.2, 0.25) is 0 Å². The Morgan fingerprint density at radius 3 is 2.84 bits per heavy atom. The van der Waals surface area contributed by atoms with Crippen molar-refractivity contribution in [1.29, 1.82) is 0 Å². The first kappa shape index (κ1) is 15.0. The molecule has 1 N–H and O–H groups in total. The number of amides is 1. The van der Waals surface area contributed by atoms with Crippen LogP contribution in [0.4, 0.5) is 4.39 Å². The van der Waals surface area contributed by atoms with Gasteiger partial charge in [0, 0.05) is 11.4 Å². The fourth-order valence-corrected chi connectivity index (χ4v) is 3.61. The van der Waals surface area contributed by atoms with Gasteiger partial charge in [0.25, 0.3) is 5.91 Å². The number of hydrogen-bond donors (Lipinski definition) is 1. The molecule has 104 valence electrons. The van der Waals surface area contributed by atoms with E-state index in [0.29, 0.717) is 22.9 Å². The molecule has 1 aliphatic carbocycles. The summed E-state index contributed by atoms with van der Waals surface area (Å²) >= 11 is 6.78. The molecule has 19 heavy (non-hydrogen) atoms. The Balaban J connectivity index is 1.95. The summed E-state index contributed by atoms with van der Waals surface area (Å²) in [4.78, 5) is 12.5. The normalized spacial score (nSPS) is 23.1. The summed E-state index contributed by atoms with van der Waals surface area (Å²) in [5.41, 5.74) is 0.349. The third-order valence-corrected chi connectivity index (χ3v) is 5.55. The average Bonchev–Trinajstić information content (AvgIpc) is 2.40. The van der Waals surface area contributed by atoms with Crippen LogP contribution < -0.4 is 5.32 Å². The first-order valence-electron chi connectivity index (χ1n) is 6.46. The second-order valence-corrected chi connectivity index (χ2v) is 6.84. The summed E-state index contributed by atoms with van der Waals surface area (Å²) in [6.45, 7) is 0.637. The third-order valence-electron chi connectivity index (χ3n) is 3.54. The molecule has 0 saturated heterocycles. The van der Waals surface area contributed by atoms with Crippen molar-refractivity contribution < 1.29 is 9.18 Å². The lowest BCUT2D eigenvalue weighted by Gasteiger charge is -2.27. The van der Waals surface area contributed by atoms with Crippen LogP contribution in [0, 0.1) is 11.7 Å². The van der Waals surface area contributed by atoms with Crippen LogP contribution in [0.5, 0.6) is 0 Å². The minimum atomic E-state index is -0.413. The Hall–Kier alpha value is -0.420. The summed E-state index contributed by atoms with van der Waals surface area (Å²) in [6, 6.07) is 4.49. The molecule has 2 nitrogen and oxygen atoms in total. The number of benzene rings is 1. The predicted molar refractivity (Wildman–Crippen MR) is 81.1 cm³/mol. The van der Waals surface area contributed by atoms with Crippen molar-refractivity contribution >= 4 is 37.8 Å². The summed E-state index contributed by atoms with van der Waals surface area (Å²) in [7, 11) is 0. The minimum absolute atomic E-state index is 0.225. The molecule has 2 atom stereocenters. The minimum Gasteiger partial charge on any atom is -0.352 e. The van der Waals surface area contributed by atoms with E-state index < -0.39 is 5.82 Å². The van der Waals surface area contributed by atoms with E-state index in [9.17, 15) is 9.18 Å². The van der Waals surface area contributed by atoms with E-state index in [-0.39, 0.29) is 10.4 Å². The highest BCUT2D eigenvalue weighted by atomic mass is 79.9. The molecule has 0 aromatic heterocycles. The molecule has 1 aromatic carbocycles. The van der Waals surface area contributed by atoms with Crippen molar-refractivity contribution in [2.75, 3.05) is 6.54 Å². The van der Waals surface area contributed by atoms with Crippen LogP contribution >= 0.6 is 31.9 Å². The van der Waals surface area contributed by atoms with Crippen LogP contribution in [0.3, 0.4) is 0 Å². The topological polar surface area (TPSA) is 29.1 Å². The van der Waals surface area contributed by atoms with Crippen molar-refractivity contribution in [3.63, 3.8) is 0 Å². The first-order valence-corrected chi connectivity index (χ1v) is 8.16. The lowest BCUT2D eigenvalue weighted by atomic mass is 9.89.